The summed E-state index contributed by atoms with van der Waals surface area (Å²) in [4.78, 5) is -2.20. The van der Waals surface area contributed by atoms with Crippen molar-refractivity contribution in [2.45, 2.75) is 11.8 Å². The van der Waals surface area contributed by atoms with Crippen LogP contribution in [-0.2, 0) is 10.1 Å². The molecule has 4 nitrogen and oxygen atoms in total. The molecular formula is C8H5F4O4S-. The van der Waals surface area contributed by atoms with Crippen LogP contribution in [0.4, 0.5) is 17.6 Å². The van der Waals surface area contributed by atoms with E-state index in [-0.39, 0.29) is 6.61 Å². The molecule has 0 atom stereocenters. The standard InChI is InChI=1S/C8H6F4O4S/c1-2-16-7-3(9)5(11)8(17(13,14)15)6(12)4(7)10/h2H2,1H3,(H,13,14,15)/p-1. The van der Waals surface area contributed by atoms with Crippen LogP contribution >= 0.6 is 0 Å². The molecule has 96 valence electrons. The summed E-state index contributed by atoms with van der Waals surface area (Å²) in [6, 6.07) is 0. The number of ether oxygens (including phenoxy) is 1. The molecule has 1 rings (SSSR count). The average molecular weight is 273 g/mol. The third kappa shape index (κ3) is 2.34. The Hall–Kier alpha value is -1.35. The van der Waals surface area contributed by atoms with Gasteiger partial charge in [-0.3, -0.25) is 0 Å². The Morgan fingerprint density at radius 1 is 1.06 bits per heavy atom. The maximum absolute atomic E-state index is 13.1. The quantitative estimate of drug-likeness (QED) is 0.476. The van der Waals surface area contributed by atoms with Gasteiger partial charge in [-0.05, 0) is 6.92 Å². The molecule has 0 aliphatic carbocycles. The SMILES string of the molecule is CCOc1c(F)c(F)c(S(=O)(=O)[O-])c(F)c1F. The Kier molecular flexibility index (Phi) is 3.62. The smallest absolute Gasteiger partial charge is 0.205 e. The highest BCUT2D eigenvalue weighted by atomic mass is 32.2. The van der Waals surface area contributed by atoms with Gasteiger partial charge in [-0.1, -0.05) is 0 Å². The van der Waals surface area contributed by atoms with Gasteiger partial charge in [0.15, 0.2) is 17.4 Å². The van der Waals surface area contributed by atoms with Crippen molar-refractivity contribution in [2.75, 3.05) is 6.61 Å². The molecule has 0 aliphatic rings. The van der Waals surface area contributed by atoms with E-state index in [1.807, 2.05) is 0 Å². The molecule has 0 saturated carbocycles. The summed E-state index contributed by atoms with van der Waals surface area (Å²) >= 11 is 0. The van der Waals surface area contributed by atoms with Crippen LogP contribution in [0.2, 0.25) is 0 Å². The Labute approximate surface area is 93.6 Å². The Morgan fingerprint density at radius 3 is 1.76 bits per heavy atom. The highest BCUT2D eigenvalue weighted by molar-refractivity contribution is 7.85. The molecule has 0 fully saturated rings. The number of hydrogen-bond acceptors (Lipinski definition) is 4. The summed E-state index contributed by atoms with van der Waals surface area (Å²) in [5.41, 5.74) is 0. The van der Waals surface area contributed by atoms with E-state index in [1.54, 1.807) is 0 Å². The first-order valence-corrected chi connectivity index (χ1v) is 5.57. The lowest BCUT2D eigenvalue weighted by Gasteiger charge is -2.13. The van der Waals surface area contributed by atoms with Gasteiger partial charge in [-0.2, -0.15) is 8.78 Å². The van der Waals surface area contributed by atoms with E-state index >= 15 is 0 Å². The van der Waals surface area contributed by atoms with Crippen molar-refractivity contribution >= 4 is 10.1 Å². The molecule has 0 spiro atoms. The molecular weight excluding hydrogens is 268 g/mol. The fourth-order valence-corrected chi connectivity index (χ4v) is 1.70. The minimum Gasteiger partial charge on any atom is -0.744 e. The van der Waals surface area contributed by atoms with E-state index in [4.69, 9.17) is 0 Å². The van der Waals surface area contributed by atoms with E-state index in [2.05, 4.69) is 4.74 Å². The third-order valence-corrected chi connectivity index (χ3v) is 2.58. The Morgan fingerprint density at radius 2 is 1.47 bits per heavy atom. The van der Waals surface area contributed by atoms with E-state index in [0.29, 0.717) is 0 Å². The lowest BCUT2D eigenvalue weighted by molar-refractivity contribution is 0.280. The normalized spacial score (nSPS) is 11.6. The van der Waals surface area contributed by atoms with Crippen LogP contribution in [0.1, 0.15) is 6.92 Å². The van der Waals surface area contributed by atoms with Crippen LogP contribution < -0.4 is 4.74 Å². The lowest BCUT2D eigenvalue weighted by atomic mass is 10.3. The second-order valence-corrected chi connectivity index (χ2v) is 4.12. The first kappa shape index (κ1) is 13.7. The zero-order valence-electron chi connectivity index (χ0n) is 8.26. The van der Waals surface area contributed by atoms with Crippen LogP contribution in [-0.4, -0.2) is 19.6 Å². The molecule has 0 bridgehead atoms. The molecule has 1 aromatic carbocycles. The van der Waals surface area contributed by atoms with Gasteiger partial charge in [-0.25, -0.2) is 17.2 Å². The van der Waals surface area contributed by atoms with Gasteiger partial charge in [0, 0.05) is 0 Å². The van der Waals surface area contributed by atoms with E-state index in [0.717, 1.165) is 0 Å². The molecule has 0 aromatic heterocycles. The number of hydrogen-bond donors (Lipinski definition) is 0. The zero-order valence-corrected chi connectivity index (χ0v) is 9.08. The first-order valence-electron chi connectivity index (χ1n) is 4.16. The van der Waals surface area contributed by atoms with Gasteiger partial charge < -0.3 is 9.29 Å². The molecule has 0 aliphatic heterocycles. The molecule has 1 aromatic rings. The second-order valence-electron chi connectivity index (χ2n) is 2.80. The van der Waals surface area contributed by atoms with Gasteiger partial charge in [0.25, 0.3) is 0 Å². The van der Waals surface area contributed by atoms with Crippen LogP contribution in [0, 0.1) is 23.3 Å². The zero-order chi connectivity index (χ0) is 13.4. The van der Waals surface area contributed by atoms with Gasteiger partial charge in [0.05, 0.1) is 6.61 Å². The second kappa shape index (κ2) is 4.49. The van der Waals surface area contributed by atoms with Crippen molar-refractivity contribution in [1.82, 2.24) is 0 Å². The minimum atomic E-state index is -5.68. The highest BCUT2D eigenvalue weighted by Gasteiger charge is 2.29. The molecule has 0 amide bonds. The predicted octanol–water partition coefficient (Wildman–Crippen LogP) is 1.55. The summed E-state index contributed by atoms with van der Waals surface area (Å²) in [6.45, 7) is 0.975. The van der Waals surface area contributed by atoms with Crippen molar-refractivity contribution in [2.24, 2.45) is 0 Å². The van der Waals surface area contributed by atoms with Crippen LogP contribution in [0.3, 0.4) is 0 Å². The van der Waals surface area contributed by atoms with Crippen molar-refractivity contribution in [3.05, 3.63) is 23.3 Å². The third-order valence-electron chi connectivity index (χ3n) is 1.72. The number of benzene rings is 1. The topological polar surface area (TPSA) is 66.4 Å². The van der Waals surface area contributed by atoms with Crippen LogP contribution in [0.5, 0.6) is 5.75 Å². The van der Waals surface area contributed by atoms with Crippen molar-refractivity contribution in [3.8, 4) is 5.75 Å². The summed E-state index contributed by atoms with van der Waals surface area (Å²) in [5.74, 6) is -10.2. The van der Waals surface area contributed by atoms with Gasteiger partial charge in [-0.15, -0.1) is 0 Å². The fraction of sp³-hybridized carbons (Fsp3) is 0.250. The van der Waals surface area contributed by atoms with Crippen molar-refractivity contribution in [3.63, 3.8) is 0 Å². The van der Waals surface area contributed by atoms with Crippen LogP contribution in [0.25, 0.3) is 0 Å². The van der Waals surface area contributed by atoms with Gasteiger partial charge in [0.2, 0.25) is 11.6 Å². The Bertz CT molecular complexity index is 526. The van der Waals surface area contributed by atoms with E-state index in [1.165, 1.54) is 6.92 Å². The van der Waals surface area contributed by atoms with Crippen LogP contribution in [0.15, 0.2) is 4.90 Å². The summed E-state index contributed by atoms with van der Waals surface area (Å²) < 4.78 is 88.0. The van der Waals surface area contributed by atoms with E-state index in [9.17, 15) is 30.5 Å². The average Bonchev–Trinajstić information content (AvgIpc) is 2.20. The summed E-state index contributed by atoms with van der Waals surface area (Å²) in [5, 5.41) is 0. The summed E-state index contributed by atoms with van der Waals surface area (Å²) in [7, 11) is -5.68. The molecule has 0 unspecified atom stereocenters. The monoisotopic (exact) mass is 273 g/mol. The number of rotatable bonds is 3. The molecule has 9 heteroatoms. The predicted molar refractivity (Wildman–Crippen MR) is 45.4 cm³/mol. The largest absolute Gasteiger partial charge is 0.744 e. The maximum atomic E-state index is 13.1. The van der Waals surface area contributed by atoms with Gasteiger partial charge >= 0.3 is 0 Å². The minimum absolute atomic E-state index is 0.309. The lowest BCUT2D eigenvalue weighted by Crippen LogP contribution is -2.12. The van der Waals surface area contributed by atoms with Crippen molar-refractivity contribution in [1.29, 1.82) is 0 Å². The van der Waals surface area contributed by atoms with E-state index < -0.39 is 44.0 Å². The highest BCUT2D eigenvalue weighted by Crippen LogP contribution is 2.32. The molecule has 0 radical (unpaired) electrons. The van der Waals surface area contributed by atoms with Gasteiger partial charge in [0.1, 0.15) is 15.0 Å². The number of halogens is 4. The molecule has 0 heterocycles. The molecule has 0 N–H and O–H groups in total. The maximum Gasteiger partial charge on any atom is 0.205 e. The fourth-order valence-electron chi connectivity index (χ4n) is 1.08. The summed E-state index contributed by atoms with van der Waals surface area (Å²) in [6.07, 6.45) is 0. The molecule has 17 heavy (non-hydrogen) atoms. The first-order chi connectivity index (χ1) is 7.71. The molecule has 0 saturated heterocycles. The van der Waals surface area contributed by atoms with Crippen molar-refractivity contribution < 1.29 is 35.3 Å². The Balaban J connectivity index is 3.71.